The van der Waals surface area contributed by atoms with E-state index < -0.39 is 0 Å². The maximum Gasteiger partial charge on any atom is 0.166 e. The topological polar surface area (TPSA) is 30.2 Å². The molecule has 1 aromatic heterocycles. The van der Waals surface area contributed by atoms with Gasteiger partial charge in [-0.1, -0.05) is 0 Å². The molecule has 0 atom stereocenters. The van der Waals surface area contributed by atoms with Crippen molar-refractivity contribution in [1.82, 2.24) is 0 Å². The van der Waals surface area contributed by atoms with Gasteiger partial charge in [-0.15, -0.1) is 12.3 Å². The fourth-order valence-electron chi connectivity index (χ4n) is 1.68. The van der Waals surface area contributed by atoms with Crippen LogP contribution in [0.3, 0.4) is 0 Å². The summed E-state index contributed by atoms with van der Waals surface area (Å²) < 4.78 is 5.41. The molecular formula is C13H16O2. The van der Waals surface area contributed by atoms with Crippen LogP contribution in [0.25, 0.3) is 0 Å². The summed E-state index contributed by atoms with van der Waals surface area (Å²) in [4.78, 5) is 11.8. The fourth-order valence-corrected chi connectivity index (χ4v) is 1.68. The molecule has 0 N–H and O–H groups in total. The first-order valence-electron chi connectivity index (χ1n) is 5.11. The van der Waals surface area contributed by atoms with Gasteiger partial charge < -0.3 is 4.42 Å². The number of ketones is 1. The van der Waals surface area contributed by atoms with Gasteiger partial charge in [-0.25, -0.2) is 0 Å². The maximum atomic E-state index is 11.8. The molecule has 1 aromatic rings. The molecule has 1 heterocycles. The van der Waals surface area contributed by atoms with Gasteiger partial charge in [0.2, 0.25) is 0 Å². The number of carbonyl (C=O) groups excluding carboxylic acids is 1. The molecule has 0 radical (unpaired) electrons. The number of furan rings is 1. The molecule has 0 aromatic carbocycles. The van der Waals surface area contributed by atoms with Crippen molar-refractivity contribution >= 4 is 5.78 Å². The third-order valence-corrected chi connectivity index (χ3v) is 2.57. The van der Waals surface area contributed by atoms with Crippen molar-refractivity contribution in [3.8, 4) is 12.3 Å². The highest BCUT2D eigenvalue weighted by atomic mass is 16.3. The van der Waals surface area contributed by atoms with E-state index in [1.807, 2.05) is 20.8 Å². The first-order chi connectivity index (χ1) is 7.07. The van der Waals surface area contributed by atoms with Gasteiger partial charge in [-0.3, -0.25) is 4.79 Å². The van der Waals surface area contributed by atoms with Crippen LogP contribution in [-0.4, -0.2) is 5.78 Å². The van der Waals surface area contributed by atoms with Crippen LogP contribution in [0.1, 0.15) is 46.7 Å². The third kappa shape index (κ3) is 2.50. The molecule has 0 aliphatic rings. The van der Waals surface area contributed by atoms with Gasteiger partial charge in [0, 0.05) is 18.4 Å². The molecule has 80 valence electrons. The first kappa shape index (κ1) is 11.6. The molecule has 0 unspecified atom stereocenters. The van der Waals surface area contributed by atoms with Crippen LogP contribution in [0, 0.1) is 33.1 Å². The Labute approximate surface area is 90.7 Å². The minimum Gasteiger partial charge on any atom is -0.466 e. The summed E-state index contributed by atoms with van der Waals surface area (Å²) in [6.07, 6.45) is 7.04. The van der Waals surface area contributed by atoms with E-state index >= 15 is 0 Å². The summed E-state index contributed by atoms with van der Waals surface area (Å²) in [5.74, 6) is 4.21. The highest BCUT2D eigenvalue weighted by Crippen LogP contribution is 2.22. The number of hydrogen-bond acceptors (Lipinski definition) is 2. The molecule has 0 fully saturated rings. The molecule has 0 saturated heterocycles. The van der Waals surface area contributed by atoms with Crippen molar-refractivity contribution in [3.63, 3.8) is 0 Å². The van der Waals surface area contributed by atoms with Crippen LogP contribution in [0.5, 0.6) is 0 Å². The van der Waals surface area contributed by atoms with E-state index in [1.165, 1.54) is 0 Å². The normalized spacial score (nSPS) is 10.0. The number of unbranched alkanes of at least 4 members (excludes halogenated alkanes) is 1. The molecule has 2 nitrogen and oxygen atoms in total. The first-order valence-corrected chi connectivity index (χ1v) is 5.11. The highest BCUT2D eigenvalue weighted by molar-refractivity contribution is 5.98. The average molecular weight is 204 g/mol. The highest BCUT2D eigenvalue weighted by Gasteiger charge is 2.17. The van der Waals surface area contributed by atoms with E-state index in [1.54, 1.807) is 0 Å². The Morgan fingerprint density at radius 2 is 2.00 bits per heavy atom. The number of hydrogen-bond donors (Lipinski definition) is 0. The van der Waals surface area contributed by atoms with Gasteiger partial charge in [-0.2, -0.15) is 0 Å². The third-order valence-electron chi connectivity index (χ3n) is 2.57. The summed E-state index contributed by atoms with van der Waals surface area (Å²) in [5.41, 5.74) is 1.70. The Kier molecular flexibility index (Phi) is 3.74. The molecule has 15 heavy (non-hydrogen) atoms. The molecule has 2 heteroatoms. The van der Waals surface area contributed by atoms with E-state index in [0.29, 0.717) is 12.8 Å². The van der Waals surface area contributed by atoms with Crippen LogP contribution < -0.4 is 0 Å². The molecule has 0 aliphatic carbocycles. The number of carbonyl (C=O) groups is 1. The Bertz CT molecular complexity index is 405. The summed E-state index contributed by atoms with van der Waals surface area (Å²) in [6.45, 7) is 5.62. The molecule has 0 aliphatic heterocycles. The van der Waals surface area contributed by atoms with Crippen molar-refractivity contribution in [3.05, 3.63) is 22.6 Å². The van der Waals surface area contributed by atoms with Crippen molar-refractivity contribution in [2.24, 2.45) is 0 Å². The Hall–Kier alpha value is -1.49. The standard InChI is InChI=1S/C13H16O2/c1-5-6-7-8-12(14)13-9(2)10(3)15-11(13)4/h1H,6-8H2,2-4H3. The Morgan fingerprint density at radius 1 is 1.33 bits per heavy atom. The number of aryl methyl sites for hydroxylation is 2. The predicted octanol–water partition coefficient (Wildman–Crippen LogP) is 3.19. The SMILES string of the molecule is C#CCCCC(=O)c1c(C)oc(C)c1C. The zero-order valence-corrected chi connectivity index (χ0v) is 9.52. The lowest BCUT2D eigenvalue weighted by atomic mass is 10.0. The summed E-state index contributed by atoms with van der Waals surface area (Å²) in [7, 11) is 0. The van der Waals surface area contributed by atoms with Gasteiger partial charge in [0.1, 0.15) is 11.5 Å². The summed E-state index contributed by atoms with van der Waals surface area (Å²) >= 11 is 0. The van der Waals surface area contributed by atoms with Crippen LogP contribution in [-0.2, 0) is 0 Å². The molecular weight excluding hydrogens is 188 g/mol. The average Bonchev–Trinajstić information content (AvgIpc) is 2.41. The van der Waals surface area contributed by atoms with E-state index in [0.717, 1.165) is 29.1 Å². The largest absolute Gasteiger partial charge is 0.466 e. The van der Waals surface area contributed by atoms with Crippen molar-refractivity contribution < 1.29 is 9.21 Å². The monoisotopic (exact) mass is 204 g/mol. The summed E-state index contributed by atoms with van der Waals surface area (Å²) in [6, 6.07) is 0. The lowest BCUT2D eigenvalue weighted by molar-refractivity contribution is 0.0978. The quantitative estimate of drug-likeness (QED) is 0.428. The second-order valence-electron chi connectivity index (χ2n) is 3.70. The Morgan fingerprint density at radius 3 is 2.47 bits per heavy atom. The Balaban J connectivity index is 2.78. The predicted molar refractivity (Wildman–Crippen MR) is 59.9 cm³/mol. The number of Topliss-reactive ketones (excluding diaryl/α,β-unsaturated/α-hetero) is 1. The molecule has 1 rings (SSSR count). The van der Waals surface area contributed by atoms with Crippen molar-refractivity contribution in [2.45, 2.75) is 40.0 Å². The van der Waals surface area contributed by atoms with Crippen LogP contribution in [0.2, 0.25) is 0 Å². The molecule has 0 spiro atoms. The van der Waals surface area contributed by atoms with E-state index in [-0.39, 0.29) is 5.78 Å². The van der Waals surface area contributed by atoms with E-state index in [2.05, 4.69) is 5.92 Å². The van der Waals surface area contributed by atoms with Crippen molar-refractivity contribution in [1.29, 1.82) is 0 Å². The molecule has 0 bridgehead atoms. The number of terminal acetylenes is 1. The lowest BCUT2D eigenvalue weighted by Gasteiger charge is -1.99. The zero-order valence-electron chi connectivity index (χ0n) is 9.52. The number of rotatable bonds is 4. The van der Waals surface area contributed by atoms with Gasteiger partial charge in [0.15, 0.2) is 5.78 Å². The van der Waals surface area contributed by atoms with Gasteiger partial charge in [0.05, 0.1) is 5.56 Å². The second kappa shape index (κ2) is 4.84. The summed E-state index contributed by atoms with van der Waals surface area (Å²) in [5, 5.41) is 0. The van der Waals surface area contributed by atoms with E-state index in [9.17, 15) is 4.79 Å². The smallest absolute Gasteiger partial charge is 0.166 e. The van der Waals surface area contributed by atoms with Crippen LogP contribution in [0.4, 0.5) is 0 Å². The van der Waals surface area contributed by atoms with Gasteiger partial charge >= 0.3 is 0 Å². The fraction of sp³-hybridized carbons (Fsp3) is 0.462. The lowest BCUT2D eigenvalue weighted by Crippen LogP contribution is -2.01. The van der Waals surface area contributed by atoms with Crippen LogP contribution >= 0.6 is 0 Å². The molecule has 0 amide bonds. The maximum absolute atomic E-state index is 11.8. The minimum absolute atomic E-state index is 0.136. The van der Waals surface area contributed by atoms with E-state index in [4.69, 9.17) is 10.8 Å². The van der Waals surface area contributed by atoms with Crippen molar-refractivity contribution in [2.75, 3.05) is 0 Å². The zero-order chi connectivity index (χ0) is 11.4. The minimum atomic E-state index is 0.136. The van der Waals surface area contributed by atoms with Gasteiger partial charge in [0.25, 0.3) is 0 Å². The molecule has 0 saturated carbocycles. The van der Waals surface area contributed by atoms with Crippen LogP contribution in [0.15, 0.2) is 4.42 Å². The van der Waals surface area contributed by atoms with Gasteiger partial charge in [-0.05, 0) is 27.2 Å². The second-order valence-corrected chi connectivity index (χ2v) is 3.70.